The van der Waals surface area contributed by atoms with Gasteiger partial charge in [0.15, 0.2) is 0 Å². The van der Waals surface area contributed by atoms with Gasteiger partial charge in [-0.1, -0.05) is 0 Å². The van der Waals surface area contributed by atoms with Crippen LogP contribution in [0.5, 0.6) is 5.75 Å². The molecule has 3 aliphatic carbocycles. The third kappa shape index (κ3) is 2.04. The maximum atomic E-state index is 10.4. The van der Waals surface area contributed by atoms with Crippen LogP contribution in [-0.4, -0.2) is 42.1 Å². The van der Waals surface area contributed by atoms with Crippen molar-refractivity contribution in [1.29, 1.82) is 0 Å². The number of hydrogen-bond donors (Lipinski definition) is 2. The molecule has 3 aliphatic rings. The third-order valence-corrected chi connectivity index (χ3v) is 8.64. The van der Waals surface area contributed by atoms with E-state index >= 15 is 0 Å². The molecular formula is C18H24O2Pb. The Labute approximate surface area is 142 Å². The Bertz CT molecular complexity index is 585. The van der Waals surface area contributed by atoms with Crippen LogP contribution in [0.2, 0.25) is 0 Å². The van der Waals surface area contributed by atoms with Crippen molar-refractivity contribution in [2.45, 2.75) is 57.5 Å². The molecule has 0 heterocycles. The summed E-state index contributed by atoms with van der Waals surface area (Å²) in [5.74, 6) is 2.62. The molecule has 2 nitrogen and oxygen atoms in total. The van der Waals surface area contributed by atoms with E-state index in [-0.39, 0.29) is 11.5 Å². The fourth-order valence-electron chi connectivity index (χ4n) is 5.72. The average Bonchev–Trinajstić information content (AvgIpc) is 2.74. The van der Waals surface area contributed by atoms with Crippen LogP contribution in [0.3, 0.4) is 0 Å². The van der Waals surface area contributed by atoms with Crippen molar-refractivity contribution >= 4 is 28.9 Å². The summed E-state index contributed by atoms with van der Waals surface area (Å²) in [7, 11) is 0. The van der Waals surface area contributed by atoms with Crippen molar-refractivity contribution in [1.82, 2.24) is 0 Å². The Balaban J connectivity index is 1.75. The molecule has 0 bridgehead atoms. The minimum absolute atomic E-state index is 0.0815. The molecule has 21 heavy (non-hydrogen) atoms. The molecule has 0 amide bonds. The molecule has 5 atom stereocenters. The van der Waals surface area contributed by atoms with Gasteiger partial charge in [-0.15, -0.1) is 0 Å². The van der Waals surface area contributed by atoms with E-state index < -0.39 is 0 Å². The van der Waals surface area contributed by atoms with Crippen LogP contribution in [-0.2, 0) is 6.42 Å². The van der Waals surface area contributed by atoms with E-state index in [4.69, 9.17) is 0 Å². The topological polar surface area (TPSA) is 40.5 Å². The second kappa shape index (κ2) is 4.95. The number of phenolic OH excluding ortho intramolecular Hbond substituents is 1. The van der Waals surface area contributed by atoms with Crippen LogP contribution in [0.1, 0.15) is 56.1 Å². The number of aryl methyl sites for hydroxylation is 1. The van der Waals surface area contributed by atoms with Crippen LogP contribution >= 0.6 is 0 Å². The number of benzene rings is 1. The summed E-state index contributed by atoms with van der Waals surface area (Å²) in [5.41, 5.74) is 3.18. The molecule has 2 N–H and O–H groups in total. The Hall–Kier alpha value is -0.0979. The predicted octanol–water partition coefficient (Wildman–Crippen LogP) is 2.14. The fourth-order valence-corrected chi connectivity index (χ4v) is 7.94. The summed E-state index contributed by atoms with van der Waals surface area (Å²) < 4.78 is 1.43. The number of aromatic hydroxyl groups is 1. The van der Waals surface area contributed by atoms with E-state index in [1.54, 1.807) is 5.56 Å². The number of aliphatic hydroxyl groups is 1. The van der Waals surface area contributed by atoms with Gasteiger partial charge in [-0.3, -0.25) is 0 Å². The van der Waals surface area contributed by atoms with Gasteiger partial charge in [0.05, 0.1) is 0 Å². The third-order valence-electron chi connectivity index (χ3n) is 6.79. The molecular weight excluding hydrogens is 455 g/mol. The molecule has 0 saturated heterocycles. The van der Waals surface area contributed by atoms with Crippen molar-refractivity contribution in [3.63, 3.8) is 0 Å². The van der Waals surface area contributed by atoms with E-state index in [1.165, 1.54) is 34.4 Å². The summed E-state index contributed by atoms with van der Waals surface area (Å²) in [4.78, 5) is 0. The zero-order chi connectivity index (χ0) is 14.8. The molecule has 2 radical (unpaired) electrons. The first-order valence-corrected chi connectivity index (χ1v) is 10.5. The molecule has 0 spiro atoms. The van der Waals surface area contributed by atoms with E-state index in [2.05, 4.69) is 6.92 Å². The average molecular weight is 480 g/mol. The summed E-state index contributed by atoms with van der Waals surface area (Å²) in [6, 6.07) is 4.01. The Morgan fingerprint density at radius 1 is 1.19 bits per heavy atom. The summed E-state index contributed by atoms with van der Waals surface area (Å²) in [6.45, 7) is 2.33. The number of hydrogen-bond acceptors (Lipinski definition) is 2. The van der Waals surface area contributed by atoms with Crippen molar-refractivity contribution in [2.24, 2.45) is 17.3 Å². The molecule has 0 aliphatic heterocycles. The van der Waals surface area contributed by atoms with Crippen LogP contribution in [0.25, 0.3) is 0 Å². The minimum atomic E-state index is -0.0815. The van der Waals surface area contributed by atoms with E-state index in [1.807, 2.05) is 12.1 Å². The molecule has 3 heteroatoms. The zero-order valence-electron chi connectivity index (χ0n) is 12.7. The van der Waals surface area contributed by atoms with Crippen molar-refractivity contribution in [3.05, 3.63) is 23.3 Å². The van der Waals surface area contributed by atoms with Crippen LogP contribution < -0.4 is 3.12 Å². The summed E-state index contributed by atoms with van der Waals surface area (Å²) in [6.07, 6.45) is 6.90. The van der Waals surface area contributed by atoms with Crippen molar-refractivity contribution in [3.8, 4) is 5.75 Å². The molecule has 0 aromatic heterocycles. The van der Waals surface area contributed by atoms with Gasteiger partial charge < -0.3 is 0 Å². The first kappa shape index (κ1) is 14.5. The molecule has 4 rings (SSSR count). The second-order valence-corrected chi connectivity index (χ2v) is 10.1. The van der Waals surface area contributed by atoms with E-state index in [0.29, 0.717) is 17.6 Å². The molecule has 2 fully saturated rings. The first-order chi connectivity index (χ1) is 10.0. The van der Waals surface area contributed by atoms with Gasteiger partial charge in [-0.2, -0.15) is 0 Å². The molecule has 2 saturated carbocycles. The quantitative estimate of drug-likeness (QED) is 0.560. The normalized spacial score (nSPS) is 41.3. The van der Waals surface area contributed by atoms with Crippen molar-refractivity contribution < 1.29 is 10.2 Å². The van der Waals surface area contributed by atoms with Gasteiger partial charge in [0.1, 0.15) is 0 Å². The molecule has 0 unspecified atom stereocenters. The van der Waals surface area contributed by atoms with Gasteiger partial charge >= 0.3 is 143 Å². The van der Waals surface area contributed by atoms with Crippen LogP contribution in [0.4, 0.5) is 0 Å². The number of aliphatic hydroxyl groups excluding tert-OH is 1. The summed E-state index contributed by atoms with van der Waals surface area (Å²) >= 11 is 0.789. The van der Waals surface area contributed by atoms with Gasteiger partial charge in [0.25, 0.3) is 0 Å². The monoisotopic (exact) mass is 480 g/mol. The standard InChI is InChI=1S/C18H23O2.Pb.H/c1-18-9-8-14-13-5-3-12(19)10-11(13)2-4-15(14)16(18)6-7-17(18)20;;/h3,10,14-17,19-20H,2,4,6-9H2,1H3;;/t14-,15-,16+,17-,18+;;/m1../s1. The molecule has 1 aromatic carbocycles. The number of rotatable bonds is 0. The van der Waals surface area contributed by atoms with Gasteiger partial charge in [0, 0.05) is 0 Å². The Morgan fingerprint density at radius 2 is 2.00 bits per heavy atom. The van der Waals surface area contributed by atoms with E-state index in [0.717, 1.165) is 44.5 Å². The van der Waals surface area contributed by atoms with Crippen LogP contribution in [0.15, 0.2) is 12.1 Å². The molecule has 1 aromatic rings. The first-order valence-electron chi connectivity index (χ1n) is 8.30. The van der Waals surface area contributed by atoms with Crippen LogP contribution in [0, 0.1) is 17.3 Å². The van der Waals surface area contributed by atoms with Gasteiger partial charge in [-0.25, -0.2) is 0 Å². The van der Waals surface area contributed by atoms with Gasteiger partial charge in [0.2, 0.25) is 0 Å². The fraction of sp³-hybridized carbons (Fsp3) is 0.667. The van der Waals surface area contributed by atoms with Gasteiger partial charge in [-0.05, 0) is 0 Å². The number of phenols is 1. The SMILES string of the molecule is C[C@]12CC[C@@H]3c4[c]([PbH])cc(O)cc4CC[C@H]3[C@@H]1CC[C@H]2O. The molecule has 112 valence electrons. The predicted molar refractivity (Wildman–Crippen MR) is 85.5 cm³/mol. The maximum absolute atomic E-state index is 10.4. The van der Waals surface area contributed by atoms with Crippen molar-refractivity contribution in [2.75, 3.05) is 0 Å². The second-order valence-electron chi connectivity index (χ2n) is 7.66. The number of fused-ring (bicyclic) bond motifs is 5. The Morgan fingerprint density at radius 3 is 2.81 bits per heavy atom. The zero-order valence-corrected chi connectivity index (χ0v) is 17.2. The Kier molecular flexibility index (Phi) is 3.42. The summed E-state index contributed by atoms with van der Waals surface area (Å²) in [5, 5.41) is 20.3. The van der Waals surface area contributed by atoms with E-state index in [9.17, 15) is 10.2 Å².